The molecule has 1 aromatic heterocycles. The Balaban J connectivity index is 1.25. The summed E-state index contributed by atoms with van der Waals surface area (Å²) in [6, 6.07) is 21.5. The average molecular weight is 681 g/mol. The minimum Gasteiger partial charge on any atom is -0.444 e. The van der Waals surface area contributed by atoms with Crippen molar-refractivity contribution in [2.75, 3.05) is 17.2 Å². The average Bonchev–Trinajstić information content (AvgIpc) is 3.63. The Morgan fingerprint density at radius 1 is 0.880 bits per heavy atom. The highest BCUT2D eigenvalue weighted by molar-refractivity contribution is 5.98. The predicted octanol–water partition coefficient (Wildman–Crippen LogP) is 5.49. The van der Waals surface area contributed by atoms with Crippen LogP contribution in [0.3, 0.4) is 0 Å². The van der Waals surface area contributed by atoms with E-state index in [1.54, 1.807) is 24.3 Å². The van der Waals surface area contributed by atoms with Crippen molar-refractivity contribution in [2.24, 2.45) is 11.8 Å². The second kappa shape index (κ2) is 16.2. The van der Waals surface area contributed by atoms with Crippen molar-refractivity contribution in [1.82, 2.24) is 31.3 Å². The minimum absolute atomic E-state index is 0.158. The molecule has 4 amide bonds. The van der Waals surface area contributed by atoms with Crippen molar-refractivity contribution in [3.05, 3.63) is 78.4 Å². The zero-order valence-corrected chi connectivity index (χ0v) is 28.8. The molecule has 0 aliphatic heterocycles. The number of alkyl carbamates (subject to hydrolysis) is 1. The van der Waals surface area contributed by atoms with Crippen molar-refractivity contribution in [3.8, 4) is 22.5 Å². The number of nitrogens with one attached hydrogen (secondary N) is 5. The molecule has 0 saturated heterocycles. The molecule has 5 rings (SSSR count). The molecule has 0 unspecified atom stereocenters. The van der Waals surface area contributed by atoms with Crippen LogP contribution in [-0.2, 0) is 25.5 Å². The van der Waals surface area contributed by atoms with Crippen LogP contribution in [0, 0.1) is 11.8 Å². The van der Waals surface area contributed by atoms with Crippen molar-refractivity contribution < 1.29 is 23.9 Å². The van der Waals surface area contributed by atoms with Crippen molar-refractivity contribution in [2.45, 2.75) is 71.4 Å². The predicted molar refractivity (Wildman–Crippen MR) is 190 cm³/mol. The highest BCUT2D eigenvalue weighted by Crippen LogP contribution is 2.30. The second-order valence-corrected chi connectivity index (χ2v) is 13.6. The number of benzene rings is 3. The number of nitrogens with zero attached hydrogens (tertiary/aromatic N) is 3. The molecule has 0 bridgehead atoms. The zero-order valence-electron chi connectivity index (χ0n) is 28.8. The number of para-hydroxylation sites is 1. The summed E-state index contributed by atoms with van der Waals surface area (Å²) in [5, 5.41) is 25.7. The molecular weight excluding hydrogens is 636 g/mol. The minimum atomic E-state index is -0.844. The van der Waals surface area contributed by atoms with Gasteiger partial charge < -0.3 is 26.0 Å². The maximum absolute atomic E-state index is 13.7. The van der Waals surface area contributed by atoms with Gasteiger partial charge in [0.05, 0.1) is 0 Å². The van der Waals surface area contributed by atoms with E-state index in [9.17, 15) is 19.2 Å². The van der Waals surface area contributed by atoms with E-state index in [1.807, 2.05) is 69.3 Å². The van der Waals surface area contributed by atoms with Gasteiger partial charge in [0.25, 0.3) is 0 Å². The van der Waals surface area contributed by atoms with E-state index in [1.165, 1.54) is 6.92 Å². The van der Waals surface area contributed by atoms with Crippen molar-refractivity contribution in [1.29, 1.82) is 0 Å². The summed E-state index contributed by atoms with van der Waals surface area (Å²) in [5.41, 5.74) is 4.07. The first-order valence-electron chi connectivity index (χ1n) is 16.8. The summed E-state index contributed by atoms with van der Waals surface area (Å²) in [4.78, 5) is 51.1. The van der Waals surface area contributed by atoms with E-state index < -0.39 is 17.7 Å². The summed E-state index contributed by atoms with van der Waals surface area (Å²) < 4.78 is 5.34. The van der Waals surface area contributed by atoms with E-state index in [-0.39, 0.29) is 36.0 Å². The molecule has 1 saturated carbocycles. The lowest BCUT2D eigenvalue weighted by atomic mass is 9.81. The smallest absolute Gasteiger partial charge is 0.407 e. The van der Waals surface area contributed by atoms with Crippen LogP contribution in [0.2, 0.25) is 0 Å². The molecule has 5 N–H and O–H groups in total. The second-order valence-electron chi connectivity index (χ2n) is 13.6. The number of carbonyl (C=O) groups is 4. The molecule has 50 heavy (non-hydrogen) atoms. The van der Waals surface area contributed by atoms with Crippen molar-refractivity contribution in [3.63, 3.8) is 0 Å². The van der Waals surface area contributed by atoms with Crippen LogP contribution >= 0.6 is 0 Å². The zero-order chi connectivity index (χ0) is 35.7. The number of aromatic amines is 1. The first-order valence-corrected chi connectivity index (χ1v) is 16.8. The molecule has 3 aromatic carbocycles. The Labute approximate surface area is 291 Å². The molecule has 13 heteroatoms. The number of anilines is 2. The number of hydrogen-bond acceptors (Lipinski definition) is 8. The van der Waals surface area contributed by atoms with Gasteiger partial charge in [0.2, 0.25) is 23.5 Å². The number of tetrazole rings is 1. The van der Waals surface area contributed by atoms with Crippen LogP contribution in [0.1, 0.15) is 58.9 Å². The van der Waals surface area contributed by atoms with E-state index in [0.717, 1.165) is 35.1 Å². The van der Waals surface area contributed by atoms with Crippen LogP contribution in [0.5, 0.6) is 0 Å². The lowest BCUT2D eigenvalue weighted by Crippen LogP contribution is -2.48. The lowest BCUT2D eigenvalue weighted by molar-refractivity contribution is -0.130. The number of carbonyl (C=O) groups excluding carboxylic acids is 4. The third-order valence-corrected chi connectivity index (χ3v) is 8.48. The van der Waals surface area contributed by atoms with Crippen LogP contribution in [0.25, 0.3) is 22.5 Å². The Morgan fingerprint density at radius 2 is 1.56 bits per heavy atom. The third-order valence-electron chi connectivity index (χ3n) is 8.48. The van der Waals surface area contributed by atoms with Gasteiger partial charge in [0.15, 0.2) is 0 Å². The number of amides is 4. The van der Waals surface area contributed by atoms with E-state index in [2.05, 4.69) is 41.9 Å². The lowest BCUT2D eigenvalue weighted by Gasteiger charge is -2.29. The Morgan fingerprint density at radius 3 is 2.20 bits per heavy atom. The summed E-state index contributed by atoms with van der Waals surface area (Å²) in [5.74, 6) is -0.237. The van der Waals surface area contributed by atoms with Gasteiger partial charge in [0.1, 0.15) is 11.6 Å². The summed E-state index contributed by atoms with van der Waals surface area (Å²) in [7, 11) is 0. The molecule has 1 atom stereocenters. The SMILES string of the molecule is CC(=O)Nc1ccccc1-c1ccc(C[C@H](NC(=O)C2CCC(CNC(=O)OC(C)(C)C)CC2)C(=O)Nc2ccc(-c3nn[nH]n3)cc2)cc1. The molecule has 13 nitrogen and oxygen atoms in total. The molecule has 4 aromatic rings. The Kier molecular flexibility index (Phi) is 11.6. The molecule has 1 aliphatic carbocycles. The topological polar surface area (TPSA) is 180 Å². The highest BCUT2D eigenvalue weighted by atomic mass is 16.6. The van der Waals surface area contributed by atoms with Gasteiger partial charge in [-0.2, -0.15) is 5.21 Å². The fraction of sp³-hybridized carbons (Fsp3) is 0.378. The van der Waals surface area contributed by atoms with Gasteiger partial charge in [-0.1, -0.05) is 42.5 Å². The Bertz CT molecular complexity index is 1760. The third kappa shape index (κ3) is 10.2. The molecule has 0 radical (unpaired) electrons. The number of aromatic nitrogens is 4. The monoisotopic (exact) mass is 680 g/mol. The van der Waals surface area contributed by atoms with Gasteiger partial charge in [-0.15, -0.1) is 10.2 Å². The van der Waals surface area contributed by atoms with Crippen LogP contribution in [-0.4, -0.2) is 62.6 Å². The van der Waals surface area contributed by atoms with Crippen LogP contribution < -0.4 is 21.3 Å². The summed E-state index contributed by atoms with van der Waals surface area (Å²) in [6.07, 6.45) is 2.68. The molecule has 1 aliphatic rings. The molecule has 1 heterocycles. The van der Waals surface area contributed by atoms with Crippen LogP contribution in [0.4, 0.5) is 16.2 Å². The highest BCUT2D eigenvalue weighted by Gasteiger charge is 2.30. The quantitative estimate of drug-likeness (QED) is 0.138. The first-order chi connectivity index (χ1) is 23.9. The van der Waals surface area contributed by atoms with Gasteiger partial charge in [-0.05, 0) is 99.0 Å². The van der Waals surface area contributed by atoms with Gasteiger partial charge >= 0.3 is 6.09 Å². The molecule has 0 spiro atoms. The molecule has 1 fully saturated rings. The fourth-order valence-electron chi connectivity index (χ4n) is 5.98. The van der Waals surface area contributed by atoms with Crippen molar-refractivity contribution >= 4 is 35.2 Å². The first kappa shape index (κ1) is 35.7. The summed E-state index contributed by atoms with van der Waals surface area (Å²) in [6.45, 7) is 7.43. The summed E-state index contributed by atoms with van der Waals surface area (Å²) >= 11 is 0. The van der Waals surface area contributed by atoms with Crippen LogP contribution in [0.15, 0.2) is 72.8 Å². The fourth-order valence-corrected chi connectivity index (χ4v) is 5.98. The van der Waals surface area contributed by atoms with E-state index in [4.69, 9.17) is 4.74 Å². The number of ether oxygens (including phenoxy) is 1. The maximum Gasteiger partial charge on any atom is 0.407 e. The number of hydrogen-bond donors (Lipinski definition) is 5. The normalized spacial score (nSPS) is 16.5. The van der Waals surface area contributed by atoms with E-state index >= 15 is 0 Å². The largest absolute Gasteiger partial charge is 0.444 e. The number of H-pyrrole nitrogens is 1. The maximum atomic E-state index is 13.7. The Hall–Kier alpha value is -5.59. The molecular formula is C37H44N8O5. The number of rotatable bonds is 11. The van der Waals surface area contributed by atoms with Gasteiger partial charge in [0, 0.05) is 48.3 Å². The van der Waals surface area contributed by atoms with Gasteiger partial charge in [-0.25, -0.2) is 4.79 Å². The van der Waals surface area contributed by atoms with E-state index in [0.29, 0.717) is 36.6 Å². The van der Waals surface area contributed by atoms with Gasteiger partial charge in [-0.3, -0.25) is 14.4 Å². The molecule has 262 valence electrons. The standard InChI is InChI=1S/C37H44N8O5/c1-23(46)39-31-8-6-5-7-30(31)26-13-9-24(10-14-26)21-32(35(48)40-29-19-17-27(18-20-29)33-42-44-45-43-33)41-34(47)28-15-11-25(12-16-28)22-38-36(49)50-37(2,3)4/h5-10,13-14,17-20,25,28,32H,11-12,15-16,21-22H2,1-4H3,(H,38,49)(H,39,46)(H,40,48)(H,41,47)(H,42,43,44,45)/t25?,28?,32-/m0/s1.